The molecule has 200 valence electrons. The van der Waals surface area contributed by atoms with Crippen molar-refractivity contribution in [1.82, 2.24) is 0 Å². The molecule has 1 rings (SSSR count). The summed E-state index contributed by atoms with van der Waals surface area (Å²) in [5.41, 5.74) is -0.656. The molecule has 0 amide bonds. The van der Waals surface area contributed by atoms with Crippen molar-refractivity contribution < 1.29 is 39.5 Å². The van der Waals surface area contributed by atoms with Gasteiger partial charge >= 0.3 is 11.9 Å². The summed E-state index contributed by atoms with van der Waals surface area (Å²) in [5, 5.41) is 40.9. The molecule has 0 saturated carbocycles. The number of allylic oxidation sites excluding steroid dienone is 3. The van der Waals surface area contributed by atoms with E-state index in [1.807, 2.05) is 45.9 Å². The SMILES string of the molecule is CCC(O)C(O)CC(C)/C=C/C=C(\C)C1OC(=O)CC(O)CCC(C)(O)C(OC(C)=O)/C=C\C1C. The predicted molar refractivity (Wildman–Crippen MR) is 133 cm³/mol. The van der Waals surface area contributed by atoms with Crippen molar-refractivity contribution in [2.24, 2.45) is 11.8 Å². The minimum atomic E-state index is -1.42. The van der Waals surface area contributed by atoms with Crippen LogP contribution in [0.2, 0.25) is 0 Å². The van der Waals surface area contributed by atoms with E-state index in [0.29, 0.717) is 12.8 Å². The minimum absolute atomic E-state index is 0.0216. The average Bonchev–Trinajstić information content (AvgIpc) is 2.76. The molecule has 0 aliphatic carbocycles. The van der Waals surface area contributed by atoms with Crippen molar-refractivity contribution in [2.45, 2.75) is 110 Å². The van der Waals surface area contributed by atoms with E-state index in [1.54, 1.807) is 12.2 Å². The molecule has 0 bridgehead atoms. The van der Waals surface area contributed by atoms with Crippen molar-refractivity contribution in [3.05, 3.63) is 36.0 Å². The molecule has 0 spiro atoms. The zero-order valence-corrected chi connectivity index (χ0v) is 21.9. The highest BCUT2D eigenvalue weighted by Crippen LogP contribution is 2.27. The van der Waals surface area contributed by atoms with E-state index in [1.165, 1.54) is 13.8 Å². The number of carbonyl (C=O) groups is 2. The maximum absolute atomic E-state index is 12.5. The molecule has 8 unspecified atom stereocenters. The minimum Gasteiger partial charge on any atom is -0.457 e. The highest BCUT2D eigenvalue weighted by molar-refractivity contribution is 5.70. The van der Waals surface area contributed by atoms with Crippen LogP contribution in [0, 0.1) is 11.8 Å². The van der Waals surface area contributed by atoms with Crippen LogP contribution < -0.4 is 0 Å². The number of hydrogen-bond donors (Lipinski definition) is 4. The van der Waals surface area contributed by atoms with E-state index in [9.17, 15) is 30.0 Å². The van der Waals surface area contributed by atoms with Gasteiger partial charge in [0.25, 0.3) is 0 Å². The fourth-order valence-corrected chi connectivity index (χ4v) is 4.01. The third kappa shape index (κ3) is 11.1. The number of rotatable bonds is 8. The molecule has 4 N–H and O–H groups in total. The molecular weight excluding hydrogens is 452 g/mol. The number of carbonyl (C=O) groups excluding carboxylic acids is 2. The van der Waals surface area contributed by atoms with E-state index < -0.39 is 48.1 Å². The Morgan fingerprint density at radius 1 is 1.29 bits per heavy atom. The Morgan fingerprint density at radius 3 is 2.54 bits per heavy atom. The maximum atomic E-state index is 12.5. The number of hydrogen-bond acceptors (Lipinski definition) is 8. The molecule has 0 aromatic carbocycles. The molecule has 8 atom stereocenters. The first-order valence-corrected chi connectivity index (χ1v) is 12.4. The zero-order chi connectivity index (χ0) is 26.8. The van der Waals surface area contributed by atoms with Gasteiger partial charge in [0.15, 0.2) is 0 Å². The Kier molecular flexibility index (Phi) is 12.9. The largest absolute Gasteiger partial charge is 0.457 e. The van der Waals surface area contributed by atoms with Crippen molar-refractivity contribution in [3.8, 4) is 0 Å². The lowest BCUT2D eigenvalue weighted by atomic mass is 9.88. The summed E-state index contributed by atoms with van der Waals surface area (Å²) >= 11 is 0. The summed E-state index contributed by atoms with van der Waals surface area (Å²) in [6.45, 7) is 10.2. The summed E-state index contributed by atoms with van der Waals surface area (Å²) in [6, 6.07) is 0. The summed E-state index contributed by atoms with van der Waals surface area (Å²) in [5.74, 6) is -1.36. The molecule has 0 aromatic heterocycles. The van der Waals surface area contributed by atoms with Crippen LogP contribution in [0.5, 0.6) is 0 Å². The molecule has 1 heterocycles. The number of aliphatic hydroxyl groups is 4. The second-order valence-electron chi connectivity index (χ2n) is 9.99. The molecule has 8 heteroatoms. The fraction of sp³-hybridized carbons (Fsp3) is 0.704. The molecule has 0 fully saturated rings. The molecule has 8 nitrogen and oxygen atoms in total. The fourth-order valence-electron chi connectivity index (χ4n) is 4.01. The first kappa shape index (κ1) is 31.0. The van der Waals surface area contributed by atoms with Crippen molar-refractivity contribution in [1.29, 1.82) is 0 Å². The van der Waals surface area contributed by atoms with Crippen molar-refractivity contribution in [3.63, 3.8) is 0 Å². The van der Waals surface area contributed by atoms with Gasteiger partial charge in [-0.15, -0.1) is 0 Å². The lowest BCUT2D eigenvalue weighted by Crippen LogP contribution is -2.42. The second kappa shape index (κ2) is 14.5. The van der Waals surface area contributed by atoms with E-state index in [-0.39, 0.29) is 31.1 Å². The van der Waals surface area contributed by atoms with E-state index in [2.05, 4.69) is 0 Å². The van der Waals surface area contributed by atoms with Crippen LogP contribution in [0.15, 0.2) is 36.0 Å². The van der Waals surface area contributed by atoms with Gasteiger partial charge in [0.1, 0.15) is 17.8 Å². The van der Waals surface area contributed by atoms with Gasteiger partial charge in [0.05, 0.1) is 24.7 Å². The van der Waals surface area contributed by atoms with Crippen LogP contribution in [0.1, 0.15) is 73.6 Å². The normalized spacial score (nSPS) is 32.6. The van der Waals surface area contributed by atoms with Gasteiger partial charge in [0, 0.05) is 12.8 Å². The van der Waals surface area contributed by atoms with Gasteiger partial charge in [-0.2, -0.15) is 0 Å². The average molecular weight is 497 g/mol. The van der Waals surface area contributed by atoms with Gasteiger partial charge in [-0.3, -0.25) is 9.59 Å². The summed E-state index contributed by atoms with van der Waals surface area (Å²) in [7, 11) is 0. The van der Waals surface area contributed by atoms with Gasteiger partial charge in [-0.1, -0.05) is 45.1 Å². The van der Waals surface area contributed by atoms with Crippen LogP contribution in [0.3, 0.4) is 0 Å². The lowest BCUT2D eigenvalue weighted by molar-refractivity contribution is -0.157. The highest BCUT2D eigenvalue weighted by atomic mass is 16.6. The van der Waals surface area contributed by atoms with E-state index in [0.717, 1.165) is 5.57 Å². The van der Waals surface area contributed by atoms with Crippen LogP contribution in [-0.4, -0.2) is 68.5 Å². The topological polar surface area (TPSA) is 134 Å². The maximum Gasteiger partial charge on any atom is 0.309 e. The number of ether oxygens (including phenoxy) is 2. The monoisotopic (exact) mass is 496 g/mol. The molecule has 1 aliphatic heterocycles. The highest BCUT2D eigenvalue weighted by Gasteiger charge is 2.35. The van der Waals surface area contributed by atoms with Crippen LogP contribution in [0.25, 0.3) is 0 Å². The Bertz CT molecular complexity index is 769. The molecule has 0 saturated heterocycles. The summed E-state index contributed by atoms with van der Waals surface area (Å²) < 4.78 is 11.0. The summed E-state index contributed by atoms with van der Waals surface area (Å²) in [6.07, 6.45) is 5.78. The van der Waals surface area contributed by atoms with Crippen LogP contribution in [0.4, 0.5) is 0 Å². The van der Waals surface area contributed by atoms with Gasteiger partial charge in [-0.25, -0.2) is 0 Å². The quantitative estimate of drug-likeness (QED) is 0.229. The first-order chi connectivity index (χ1) is 16.3. The number of cyclic esters (lactones) is 1. The predicted octanol–water partition coefficient (Wildman–Crippen LogP) is 2.98. The number of esters is 2. The smallest absolute Gasteiger partial charge is 0.309 e. The molecule has 35 heavy (non-hydrogen) atoms. The van der Waals surface area contributed by atoms with Crippen LogP contribution in [-0.2, 0) is 19.1 Å². The van der Waals surface area contributed by atoms with Gasteiger partial charge < -0.3 is 29.9 Å². The Balaban J connectivity index is 3.12. The molecule has 0 aromatic rings. The third-order valence-corrected chi connectivity index (χ3v) is 6.34. The standard InChI is InChI=1S/C27H44O8/c1-7-22(30)23(31)15-17(2)9-8-10-18(3)26-19(4)11-12-24(34-20(5)28)27(6,33)14-13-21(29)16-25(32)35-26/h8-12,17,19,21-24,26,29-31,33H,7,13-16H2,1-6H3/b9-8+,12-11-,18-10+. The Morgan fingerprint density at radius 2 is 1.94 bits per heavy atom. The zero-order valence-electron chi connectivity index (χ0n) is 21.9. The molecular formula is C27H44O8. The van der Waals surface area contributed by atoms with E-state index >= 15 is 0 Å². The number of aliphatic hydroxyl groups excluding tert-OH is 3. The Labute approximate surface area is 209 Å². The van der Waals surface area contributed by atoms with E-state index in [4.69, 9.17) is 9.47 Å². The molecule has 0 radical (unpaired) electrons. The third-order valence-electron chi connectivity index (χ3n) is 6.34. The van der Waals surface area contributed by atoms with Crippen molar-refractivity contribution in [2.75, 3.05) is 0 Å². The second-order valence-corrected chi connectivity index (χ2v) is 9.99. The lowest BCUT2D eigenvalue weighted by Gasteiger charge is -2.32. The van der Waals surface area contributed by atoms with Gasteiger partial charge in [-0.05, 0) is 57.1 Å². The summed E-state index contributed by atoms with van der Waals surface area (Å²) in [4.78, 5) is 24.1. The first-order valence-electron chi connectivity index (χ1n) is 12.4. The molecule has 1 aliphatic rings. The van der Waals surface area contributed by atoms with Gasteiger partial charge in [0.2, 0.25) is 0 Å². The van der Waals surface area contributed by atoms with Crippen molar-refractivity contribution >= 4 is 11.9 Å². The van der Waals surface area contributed by atoms with Crippen LogP contribution >= 0.6 is 0 Å². The Hall–Kier alpha value is -2.00.